The molecule has 114 valence electrons. The Bertz CT molecular complexity index is 554. The maximum atomic E-state index is 12.6. The van der Waals surface area contributed by atoms with Crippen LogP contribution in [0.5, 0.6) is 0 Å². The standard InChI is InChI=1S/C13H22N2O3S2/c1-9-8-19-12(7-14-2)13(9)20(16,17)15-10-5-4-6-11(10)18-3/h8,10-11,14-15H,4-7H2,1-3H3. The molecule has 2 rings (SSSR count). The molecule has 0 amide bonds. The largest absolute Gasteiger partial charge is 0.380 e. The molecule has 5 nitrogen and oxygen atoms in total. The zero-order valence-corrected chi connectivity index (χ0v) is 13.7. The zero-order chi connectivity index (χ0) is 14.8. The van der Waals surface area contributed by atoms with E-state index in [1.165, 1.54) is 11.3 Å². The van der Waals surface area contributed by atoms with E-state index in [9.17, 15) is 8.42 Å². The highest BCUT2D eigenvalue weighted by atomic mass is 32.2. The summed E-state index contributed by atoms with van der Waals surface area (Å²) in [5, 5.41) is 4.91. The Morgan fingerprint density at radius 2 is 2.20 bits per heavy atom. The van der Waals surface area contributed by atoms with Crippen LogP contribution in [0.1, 0.15) is 29.7 Å². The first kappa shape index (κ1) is 15.9. The summed E-state index contributed by atoms with van der Waals surface area (Å²) in [4.78, 5) is 1.28. The van der Waals surface area contributed by atoms with Crippen LogP contribution < -0.4 is 10.0 Å². The van der Waals surface area contributed by atoms with Crippen molar-refractivity contribution in [3.05, 3.63) is 15.8 Å². The summed E-state index contributed by atoms with van der Waals surface area (Å²) in [5.74, 6) is 0. The fourth-order valence-electron chi connectivity index (χ4n) is 2.73. The Morgan fingerprint density at radius 3 is 2.85 bits per heavy atom. The maximum absolute atomic E-state index is 12.6. The van der Waals surface area contributed by atoms with Crippen molar-refractivity contribution >= 4 is 21.4 Å². The van der Waals surface area contributed by atoms with Crippen molar-refractivity contribution in [1.82, 2.24) is 10.0 Å². The van der Waals surface area contributed by atoms with Gasteiger partial charge < -0.3 is 10.1 Å². The monoisotopic (exact) mass is 318 g/mol. The zero-order valence-electron chi connectivity index (χ0n) is 12.1. The first-order valence-electron chi connectivity index (χ1n) is 6.76. The van der Waals surface area contributed by atoms with Gasteiger partial charge in [-0.3, -0.25) is 0 Å². The molecule has 1 saturated carbocycles. The third-order valence-electron chi connectivity index (χ3n) is 3.66. The van der Waals surface area contributed by atoms with Gasteiger partial charge in [0.2, 0.25) is 10.0 Å². The second-order valence-electron chi connectivity index (χ2n) is 5.13. The lowest BCUT2D eigenvalue weighted by Crippen LogP contribution is -2.41. The van der Waals surface area contributed by atoms with Crippen LogP contribution in [0, 0.1) is 6.92 Å². The molecule has 0 saturated heterocycles. The summed E-state index contributed by atoms with van der Waals surface area (Å²) in [6.07, 6.45) is 2.73. The van der Waals surface area contributed by atoms with Crippen molar-refractivity contribution in [2.75, 3.05) is 14.2 Å². The number of hydrogen-bond acceptors (Lipinski definition) is 5. The molecule has 1 heterocycles. The van der Waals surface area contributed by atoms with Crippen molar-refractivity contribution in [2.24, 2.45) is 0 Å². The molecule has 0 aliphatic heterocycles. The number of methoxy groups -OCH3 is 1. The fourth-order valence-corrected chi connectivity index (χ4v) is 5.85. The summed E-state index contributed by atoms with van der Waals surface area (Å²) in [7, 11) is -0.0318. The number of sulfonamides is 1. The van der Waals surface area contributed by atoms with Gasteiger partial charge in [0.15, 0.2) is 0 Å². The Balaban J connectivity index is 2.24. The molecule has 2 N–H and O–H groups in total. The van der Waals surface area contributed by atoms with Crippen LogP contribution in [0.4, 0.5) is 0 Å². The molecule has 2 unspecified atom stereocenters. The van der Waals surface area contributed by atoms with Crippen molar-refractivity contribution in [2.45, 2.75) is 49.8 Å². The lowest BCUT2D eigenvalue weighted by Gasteiger charge is -2.20. The van der Waals surface area contributed by atoms with Crippen LogP contribution in [-0.4, -0.2) is 34.7 Å². The third kappa shape index (κ3) is 3.23. The number of hydrogen-bond donors (Lipinski definition) is 2. The minimum absolute atomic E-state index is 0.0172. The van der Waals surface area contributed by atoms with E-state index in [2.05, 4.69) is 10.0 Å². The van der Waals surface area contributed by atoms with E-state index in [-0.39, 0.29) is 12.1 Å². The van der Waals surface area contributed by atoms with E-state index in [1.807, 2.05) is 19.4 Å². The quantitative estimate of drug-likeness (QED) is 0.836. The fraction of sp³-hybridized carbons (Fsp3) is 0.692. The predicted octanol–water partition coefficient (Wildman–Crippen LogP) is 1.62. The summed E-state index contributed by atoms with van der Waals surface area (Å²) in [6, 6.07) is -0.119. The summed E-state index contributed by atoms with van der Waals surface area (Å²) in [5.41, 5.74) is 0.805. The predicted molar refractivity (Wildman–Crippen MR) is 80.6 cm³/mol. The molecule has 0 aromatic carbocycles. The summed E-state index contributed by atoms with van der Waals surface area (Å²) >= 11 is 1.48. The van der Waals surface area contributed by atoms with Gasteiger partial charge >= 0.3 is 0 Å². The van der Waals surface area contributed by atoms with Gasteiger partial charge in [0.1, 0.15) is 4.90 Å². The second kappa shape index (κ2) is 6.53. The minimum atomic E-state index is -3.49. The molecule has 0 bridgehead atoms. The molecule has 1 aromatic heterocycles. The summed E-state index contributed by atoms with van der Waals surface area (Å²) < 4.78 is 33.5. The molecule has 20 heavy (non-hydrogen) atoms. The van der Waals surface area contributed by atoms with E-state index >= 15 is 0 Å². The van der Waals surface area contributed by atoms with Crippen molar-refractivity contribution in [3.63, 3.8) is 0 Å². The Labute approximate surface area is 124 Å². The SMILES string of the molecule is CNCc1scc(C)c1S(=O)(=O)NC1CCCC1OC. The van der Waals surface area contributed by atoms with Gasteiger partial charge in [-0.1, -0.05) is 0 Å². The smallest absolute Gasteiger partial charge is 0.242 e. The third-order valence-corrected chi connectivity index (χ3v) is 6.61. The molecule has 7 heteroatoms. The molecule has 1 aliphatic carbocycles. The average Bonchev–Trinajstić information content (AvgIpc) is 2.96. The second-order valence-corrected chi connectivity index (χ2v) is 7.75. The van der Waals surface area contributed by atoms with E-state index < -0.39 is 10.0 Å². The van der Waals surface area contributed by atoms with E-state index in [1.54, 1.807) is 7.11 Å². The van der Waals surface area contributed by atoms with Gasteiger partial charge in [0, 0.05) is 24.6 Å². The van der Waals surface area contributed by atoms with Crippen LogP contribution in [0.25, 0.3) is 0 Å². The van der Waals surface area contributed by atoms with Crippen LogP contribution in [-0.2, 0) is 21.3 Å². The van der Waals surface area contributed by atoms with E-state index in [0.29, 0.717) is 11.4 Å². The van der Waals surface area contributed by atoms with Gasteiger partial charge in [0.05, 0.1) is 6.10 Å². The van der Waals surface area contributed by atoms with Crippen LogP contribution in [0.15, 0.2) is 10.3 Å². The molecule has 1 aliphatic rings. The topological polar surface area (TPSA) is 67.4 Å². The lowest BCUT2D eigenvalue weighted by atomic mass is 10.2. The molecular formula is C13H22N2O3S2. The van der Waals surface area contributed by atoms with Gasteiger partial charge in [-0.2, -0.15) is 0 Å². The highest BCUT2D eigenvalue weighted by molar-refractivity contribution is 7.89. The number of rotatable bonds is 6. The number of ether oxygens (including phenoxy) is 1. The van der Waals surface area contributed by atoms with Crippen molar-refractivity contribution in [1.29, 1.82) is 0 Å². The first-order chi connectivity index (χ1) is 9.49. The van der Waals surface area contributed by atoms with Gasteiger partial charge in [-0.15, -0.1) is 11.3 Å². The van der Waals surface area contributed by atoms with Gasteiger partial charge in [-0.05, 0) is 44.2 Å². The number of thiophene rings is 1. The molecule has 2 atom stereocenters. The molecule has 1 fully saturated rings. The highest BCUT2D eigenvalue weighted by Crippen LogP contribution is 2.29. The lowest BCUT2D eigenvalue weighted by molar-refractivity contribution is 0.0916. The number of aryl methyl sites for hydroxylation is 1. The average molecular weight is 318 g/mol. The summed E-state index contributed by atoms with van der Waals surface area (Å²) in [6.45, 7) is 2.40. The Morgan fingerprint density at radius 1 is 1.45 bits per heavy atom. The van der Waals surface area contributed by atoms with Crippen molar-refractivity contribution in [3.8, 4) is 0 Å². The maximum Gasteiger partial charge on any atom is 0.242 e. The van der Waals surface area contributed by atoms with Crippen LogP contribution >= 0.6 is 11.3 Å². The van der Waals surface area contributed by atoms with Crippen LogP contribution in [0.2, 0.25) is 0 Å². The molecular weight excluding hydrogens is 296 g/mol. The number of nitrogens with one attached hydrogen (secondary N) is 2. The van der Waals surface area contributed by atoms with Gasteiger partial charge in [-0.25, -0.2) is 13.1 Å². The highest BCUT2D eigenvalue weighted by Gasteiger charge is 2.33. The van der Waals surface area contributed by atoms with Crippen LogP contribution in [0.3, 0.4) is 0 Å². The molecule has 0 radical (unpaired) electrons. The van der Waals surface area contributed by atoms with Gasteiger partial charge in [0.25, 0.3) is 0 Å². The normalized spacial score (nSPS) is 23.4. The Hall–Kier alpha value is -0.470. The molecule has 0 spiro atoms. The molecule has 1 aromatic rings. The minimum Gasteiger partial charge on any atom is -0.380 e. The van der Waals surface area contributed by atoms with Crippen molar-refractivity contribution < 1.29 is 13.2 Å². The van der Waals surface area contributed by atoms with E-state index in [0.717, 1.165) is 29.7 Å². The Kier molecular flexibility index (Phi) is 5.19. The van der Waals surface area contributed by atoms with E-state index in [4.69, 9.17) is 4.74 Å². The first-order valence-corrected chi connectivity index (χ1v) is 9.12.